The first kappa shape index (κ1) is 29.6. The van der Waals surface area contributed by atoms with E-state index in [1.54, 1.807) is 39.8 Å². The predicted octanol–water partition coefficient (Wildman–Crippen LogP) is 4.41. The number of alkyl halides is 3. The molecule has 0 unspecified atom stereocenters. The zero-order valence-corrected chi connectivity index (χ0v) is 23.1. The molecule has 0 bridgehead atoms. The Bertz CT molecular complexity index is 1510. The first-order chi connectivity index (χ1) is 19.2. The normalized spacial score (nSPS) is 15.3. The Morgan fingerprint density at radius 2 is 1.68 bits per heavy atom. The van der Waals surface area contributed by atoms with Crippen molar-refractivity contribution in [2.45, 2.75) is 58.5 Å². The second kappa shape index (κ2) is 10.9. The van der Waals surface area contributed by atoms with E-state index in [9.17, 15) is 32.8 Å². The zero-order chi connectivity index (χ0) is 30.2. The van der Waals surface area contributed by atoms with Crippen LogP contribution >= 0.6 is 0 Å². The SMILES string of the molecule is Cc1c(C(=O)Cc2ccc(C3(C#N)CCN(C(=O)C(=O)C(C)(C)C)CC3)nc2)cnn1-c1ccc(C(F)(F)F)cn1. The Morgan fingerprint density at radius 1 is 1.00 bits per heavy atom. The minimum Gasteiger partial charge on any atom is -0.336 e. The maximum Gasteiger partial charge on any atom is 0.417 e. The third kappa shape index (κ3) is 6.04. The van der Waals surface area contributed by atoms with Gasteiger partial charge in [0.25, 0.3) is 5.91 Å². The van der Waals surface area contributed by atoms with E-state index >= 15 is 0 Å². The lowest BCUT2D eigenvalue weighted by molar-refractivity contribution is -0.149. The topological polar surface area (TPSA) is 122 Å². The number of aromatic nitrogens is 4. The number of carbonyl (C=O) groups is 3. The summed E-state index contributed by atoms with van der Waals surface area (Å²) in [6.45, 7) is 7.22. The monoisotopic (exact) mass is 566 g/mol. The Labute approximate surface area is 235 Å². The highest BCUT2D eigenvalue weighted by molar-refractivity contribution is 6.37. The Morgan fingerprint density at radius 3 is 2.20 bits per heavy atom. The van der Waals surface area contributed by atoms with Crippen LogP contribution in [0.4, 0.5) is 13.2 Å². The fraction of sp³-hybridized carbons (Fsp3) is 0.414. The lowest BCUT2D eigenvalue weighted by Gasteiger charge is -2.37. The van der Waals surface area contributed by atoms with Crippen LogP contribution < -0.4 is 0 Å². The number of rotatable bonds is 6. The maximum absolute atomic E-state index is 13.0. The van der Waals surface area contributed by atoms with Gasteiger partial charge in [-0.05, 0) is 43.5 Å². The van der Waals surface area contributed by atoms with Crippen LogP contribution in [0.3, 0.4) is 0 Å². The first-order valence-electron chi connectivity index (χ1n) is 13.0. The summed E-state index contributed by atoms with van der Waals surface area (Å²) in [6, 6.07) is 7.85. The van der Waals surface area contributed by atoms with Gasteiger partial charge in [0.2, 0.25) is 5.78 Å². The molecule has 0 radical (unpaired) electrons. The van der Waals surface area contributed by atoms with Crippen LogP contribution in [-0.2, 0) is 27.6 Å². The minimum absolute atomic E-state index is 0.00297. The predicted molar refractivity (Wildman–Crippen MR) is 141 cm³/mol. The average molecular weight is 567 g/mol. The molecule has 0 saturated carbocycles. The van der Waals surface area contributed by atoms with E-state index < -0.39 is 34.3 Å². The second-order valence-electron chi connectivity index (χ2n) is 11.2. The third-order valence-corrected chi connectivity index (χ3v) is 7.28. The quantitative estimate of drug-likeness (QED) is 0.320. The molecule has 9 nitrogen and oxygen atoms in total. The van der Waals surface area contributed by atoms with Crippen molar-refractivity contribution >= 4 is 17.5 Å². The van der Waals surface area contributed by atoms with Crippen molar-refractivity contribution in [1.29, 1.82) is 5.26 Å². The summed E-state index contributed by atoms with van der Waals surface area (Å²) in [5.41, 5.74) is -0.723. The summed E-state index contributed by atoms with van der Waals surface area (Å²) in [5, 5.41) is 14.1. The standard InChI is InChI=1S/C29H29F3N6O3/c1-18-21(16-36-38(18)24-8-6-20(15-35-24)29(30,31)32)22(39)13-19-5-7-23(34-14-19)28(17-33)9-11-37(12-10-28)26(41)25(40)27(2,3)4/h5-8,14-16H,9-13H2,1-4H3. The van der Waals surface area contributed by atoms with Crippen LogP contribution in [0.2, 0.25) is 0 Å². The average Bonchev–Trinajstić information content (AvgIpc) is 3.33. The molecule has 3 aromatic rings. The third-order valence-electron chi connectivity index (χ3n) is 7.28. The molecule has 1 fully saturated rings. The maximum atomic E-state index is 13.0. The van der Waals surface area contributed by atoms with Crippen LogP contribution in [-0.4, -0.2) is 55.2 Å². The number of likely N-dealkylation sites (tertiary alicyclic amines) is 1. The van der Waals surface area contributed by atoms with Crippen LogP contribution in [0.15, 0.2) is 42.9 Å². The molecule has 1 amide bonds. The second-order valence-corrected chi connectivity index (χ2v) is 11.2. The summed E-state index contributed by atoms with van der Waals surface area (Å²) in [4.78, 5) is 47.8. The molecule has 41 heavy (non-hydrogen) atoms. The zero-order valence-electron chi connectivity index (χ0n) is 23.1. The van der Waals surface area contributed by atoms with Crippen LogP contribution in [0.1, 0.15) is 66.5 Å². The lowest BCUT2D eigenvalue weighted by atomic mass is 9.76. The van der Waals surface area contributed by atoms with E-state index in [1.807, 2.05) is 0 Å². The largest absolute Gasteiger partial charge is 0.417 e. The van der Waals surface area contributed by atoms with Gasteiger partial charge < -0.3 is 4.90 Å². The van der Waals surface area contributed by atoms with E-state index in [0.29, 0.717) is 41.6 Å². The number of pyridine rings is 2. The van der Waals surface area contributed by atoms with Crippen molar-refractivity contribution < 1.29 is 27.6 Å². The molecule has 4 heterocycles. The molecule has 1 aliphatic rings. The molecule has 1 aliphatic heterocycles. The van der Waals surface area contributed by atoms with Crippen molar-refractivity contribution in [2.24, 2.45) is 5.41 Å². The fourth-order valence-corrected chi connectivity index (χ4v) is 4.67. The van der Waals surface area contributed by atoms with Crippen molar-refractivity contribution in [3.05, 3.63) is 70.9 Å². The smallest absolute Gasteiger partial charge is 0.336 e. The van der Waals surface area contributed by atoms with Crippen molar-refractivity contribution in [3.8, 4) is 11.9 Å². The number of piperidine rings is 1. The van der Waals surface area contributed by atoms with Gasteiger partial charge in [0.1, 0.15) is 5.41 Å². The summed E-state index contributed by atoms with van der Waals surface area (Å²) in [7, 11) is 0. The molecule has 0 aromatic carbocycles. The number of amides is 1. The number of hydrogen-bond donors (Lipinski definition) is 0. The van der Waals surface area contributed by atoms with Gasteiger partial charge in [-0.2, -0.15) is 23.5 Å². The first-order valence-corrected chi connectivity index (χ1v) is 13.0. The molecule has 0 spiro atoms. The number of carbonyl (C=O) groups excluding carboxylic acids is 3. The van der Waals surface area contributed by atoms with Crippen LogP contribution in [0.5, 0.6) is 0 Å². The van der Waals surface area contributed by atoms with Gasteiger partial charge in [-0.3, -0.25) is 19.4 Å². The summed E-state index contributed by atoms with van der Waals surface area (Å²) in [5.74, 6) is -1.12. The van der Waals surface area contributed by atoms with Gasteiger partial charge in [0, 0.05) is 37.3 Å². The van der Waals surface area contributed by atoms with E-state index in [-0.39, 0.29) is 31.1 Å². The Kier molecular flexibility index (Phi) is 7.85. The van der Waals surface area contributed by atoms with Gasteiger partial charge in [-0.25, -0.2) is 9.67 Å². The Balaban J connectivity index is 1.43. The number of nitriles is 1. The molecule has 0 N–H and O–H groups in total. The molecular formula is C29H29F3N6O3. The van der Waals surface area contributed by atoms with Crippen LogP contribution in [0, 0.1) is 23.7 Å². The minimum atomic E-state index is -4.51. The molecule has 0 atom stereocenters. The molecule has 1 saturated heterocycles. The van der Waals surface area contributed by atoms with Crippen LogP contribution in [0.25, 0.3) is 5.82 Å². The number of halogens is 3. The van der Waals surface area contributed by atoms with Crippen molar-refractivity contribution in [2.75, 3.05) is 13.1 Å². The van der Waals surface area contributed by atoms with Gasteiger partial charge in [-0.1, -0.05) is 26.8 Å². The number of Topliss-reactive ketones (excluding diaryl/α,β-unsaturated/α-hetero) is 2. The highest BCUT2D eigenvalue weighted by Gasteiger charge is 2.41. The summed E-state index contributed by atoms with van der Waals surface area (Å²) in [6.07, 6.45) is -0.260. The molecule has 4 rings (SSSR count). The number of hydrogen-bond acceptors (Lipinski definition) is 7. The van der Waals surface area contributed by atoms with E-state index in [0.717, 1.165) is 6.07 Å². The molecule has 214 valence electrons. The van der Waals surface area contributed by atoms with Crippen molar-refractivity contribution in [1.82, 2.24) is 24.6 Å². The molecule has 3 aromatic heterocycles. The molecule has 12 heteroatoms. The van der Waals surface area contributed by atoms with E-state index in [2.05, 4.69) is 21.1 Å². The van der Waals surface area contributed by atoms with E-state index in [1.165, 1.54) is 28.0 Å². The molecule has 0 aliphatic carbocycles. The van der Waals surface area contributed by atoms with Crippen molar-refractivity contribution in [3.63, 3.8) is 0 Å². The summed E-state index contributed by atoms with van der Waals surface area (Å²) < 4.78 is 39.8. The molecular weight excluding hydrogens is 537 g/mol. The van der Waals surface area contributed by atoms with Gasteiger partial charge >= 0.3 is 6.18 Å². The highest BCUT2D eigenvalue weighted by atomic mass is 19.4. The number of nitrogens with zero attached hydrogens (tertiary/aromatic N) is 6. The van der Waals surface area contributed by atoms with E-state index in [4.69, 9.17) is 0 Å². The highest BCUT2D eigenvalue weighted by Crippen LogP contribution is 2.34. The number of ketones is 2. The van der Waals surface area contributed by atoms with Gasteiger partial charge in [0.15, 0.2) is 11.6 Å². The lowest BCUT2D eigenvalue weighted by Crippen LogP contribution is -2.49. The fourth-order valence-electron chi connectivity index (χ4n) is 4.67. The van der Waals surface area contributed by atoms with Gasteiger partial charge in [-0.15, -0.1) is 0 Å². The van der Waals surface area contributed by atoms with Gasteiger partial charge in [0.05, 0.1) is 34.8 Å². The Hall–Kier alpha value is -4.40. The summed E-state index contributed by atoms with van der Waals surface area (Å²) >= 11 is 0.